The zero-order valence-corrected chi connectivity index (χ0v) is 10.3. The predicted molar refractivity (Wildman–Crippen MR) is 70.5 cm³/mol. The molecule has 0 radical (unpaired) electrons. The third-order valence-corrected chi connectivity index (χ3v) is 2.49. The molecule has 1 aromatic carbocycles. The predicted octanol–water partition coefficient (Wildman–Crippen LogP) is 0.580. The van der Waals surface area contributed by atoms with Gasteiger partial charge in [-0.2, -0.15) is 0 Å². The molecule has 20 heavy (non-hydrogen) atoms. The molecule has 1 aromatic heterocycles. The lowest BCUT2D eigenvalue weighted by Gasteiger charge is -2.07. The number of nitrogens with one attached hydrogen (secondary N) is 1. The van der Waals surface area contributed by atoms with Gasteiger partial charge in [0.2, 0.25) is 5.91 Å². The fourth-order valence-electron chi connectivity index (χ4n) is 1.59. The molecule has 2 N–H and O–H groups in total. The van der Waals surface area contributed by atoms with Crippen LogP contribution in [0.3, 0.4) is 0 Å². The monoisotopic (exact) mass is 273 g/mol. The van der Waals surface area contributed by atoms with Gasteiger partial charge >= 0.3 is 11.7 Å². The zero-order valence-electron chi connectivity index (χ0n) is 10.3. The summed E-state index contributed by atoms with van der Waals surface area (Å²) in [5.74, 6) is -1.52. The summed E-state index contributed by atoms with van der Waals surface area (Å²) in [7, 11) is 0. The van der Waals surface area contributed by atoms with E-state index in [1.807, 2.05) is 0 Å². The molecule has 0 saturated heterocycles. The van der Waals surface area contributed by atoms with Crippen LogP contribution >= 0.6 is 0 Å². The summed E-state index contributed by atoms with van der Waals surface area (Å²) in [6, 6.07) is 7.39. The third-order valence-electron chi connectivity index (χ3n) is 2.49. The Morgan fingerprint density at radius 3 is 2.80 bits per heavy atom. The number of aromatic carboxylic acids is 1. The minimum absolute atomic E-state index is 0.0707. The Labute approximate surface area is 113 Å². The van der Waals surface area contributed by atoms with E-state index in [9.17, 15) is 14.4 Å². The number of hydrogen-bond donors (Lipinski definition) is 2. The number of aromatic nitrogens is 2. The summed E-state index contributed by atoms with van der Waals surface area (Å²) in [4.78, 5) is 37.4. The highest BCUT2D eigenvalue weighted by Crippen LogP contribution is 2.10. The van der Waals surface area contributed by atoms with Crippen LogP contribution in [0.1, 0.15) is 10.4 Å². The van der Waals surface area contributed by atoms with Crippen molar-refractivity contribution in [1.82, 2.24) is 9.55 Å². The van der Waals surface area contributed by atoms with E-state index < -0.39 is 17.6 Å². The Bertz CT molecular complexity index is 709. The normalized spacial score (nSPS) is 10.0. The standard InChI is InChI=1S/C13H11N3O4/c17-11(8-16-6-2-5-14-13(16)20)15-10-4-1-3-9(7-10)12(18)19/h1-7H,8H2,(H,15,17)(H,18,19). The van der Waals surface area contributed by atoms with Crippen LogP contribution in [-0.2, 0) is 11.3 Å². The molecule has 0 bridgehead atoms. The molecule has 0 unspecified atom stereocenters. The number of carbonyl (C=O) groups is 2. The Hall–Kier alpha value is -2.96. The summed E-state index contributed by atoms with van der Waals surface area (Å²) in [6.07, 6.45) is 2.79. The molecule has 1 heterocycles. The average molecular weight is 273 g/mol. The molecule has 2 aromatic rings. The van der Waals surface area contributed by atoms with Gasteiger partial charge in [0.05, 0.1) is 5.56 Å². The van der Waals surface area contributed by atoms with Crippen LogP contribution in [-0.4, -0.2) is 26.5 Å². The van der Waals surface area contributed by atoms with Crippen molar-refractivity contribution in [2.24, 2.45) is 0 Å². The van der Waals surface area contributed by atoms with Crippen molar-refractivity contribution in [2.75, 3.05) is 5.32 Å². The number of hydrogen-bond acceptors (Lipinski definition) is 4. The van der Waals surface area contributed by atoms with Crippen molar-refractivity contribution >= 4 is 17.6 Å². The largest absolute Gasteiger partial charge is 0.478 e. The smallest absolute Gasteiger partial charge is 0.347 e. The number of nitrogens with zero attached hydrogens (tertiary/aromatic N) is 2. The maximum atomic E-state index is 11.8. The van der Waals surface area contributed by atoms with Crippen molar-refractivity contribution < 1.29 is 14.7 Å². The van der Waals surface area contributed by atoms with Crippen LogP contribution in [0, 0.1) is 0 Å². The summed E-state index contributed by atoms with van der Waals surface area (Å²) >= 11 is 0. The molecule has 0 aliphatic rings. The lowest BCUT2D eigenvalue weighted by molar-refractivity contribution is -0.116. The highest BCUT2D eigenvalue weighted by molar-refractivity contribution is 5.93. The van der Waals surface area contributed by atoms with Crippen LogP contribution in [0.25, 0.3) is 0 Å². The molecule has 0 atom stereocenters. The first-order valence-electron chi connectivity index (χ1n) is 5.71. The van der Waals surface area contributed by atoms with Crippen molar-refractivity contribution in [3.05, 3.63) is 58.8 Å². The molecular formula is C13H11N3O4. The number of rotatable bonds is 4. The summed E-state index contributed by atoms with van der Waals surface area (Å²) in [5, 5.41) is 11.4. The summed E-state index contributed by atoms with van der Waals surface area (Å²) < 4.78 is 1.15. The van der Waals surface area contributed by atoms with Crippen LogP contribution in [0.2, 0.25) is 0 Å². The zero-order chi connectivity index (χ0) is 14.5. The number of carbonyl (C=O) groups excluding carboxylic acids is 1. The van der Waals surface area contributed by atoms with Crippen molar-refractivity contribution in [1.29, 1.82) is 0 Å². The van der Waals surface area contributed by atoms with Gasteiger partial charge in [-0.15, -0.1) is 0 Å². The second-order valence-corrected chi connectivity index (χ2v) is 3.96. The second kappa shape index (κ2) is 5.79. The minimum Gasteiger partial charge on any atom is -0.478 e. The van der Waals surface area contributed by atoms with Gasteiger partial charge in [-0.3, -0.25) is 9.36 Å². The number of carboxylic acids is 1. The van der Waals surface area contributed by atoms with Gasteiger partial charge in [0.15, 0.2) is 0 Å². The fourth-order valence-corrected chi connectivity index (χ4v) is 1.59. The van der Waals surface area contributed by atoms with Gasteiger partial charge < -0.3 is 10.4 Å². The van der Waals surface area contributed by atoms with Crippen molar-refractivity contribution in [3.63, 3.8) is 0 Å². The van der Waals surface area contributed by atoms with Crippen molar-refractivity contribution in [2.45, 2.75) is 6.54 Å². The number of carboxylic acid groups (broad SMARTS) is 1. The van der Waals surface area contributed by atoms with E-state index in [0.717, 1.165) is 4.57 Å². The highest BCUT2D eigenvalue weighted by atomic mass is 16.4. The molecule has 1 amide bonds. The second-order valence-electron chi connectivity index (χ2n) is 3.96. The maximum absolute atomic E-state index is 11.8. The van der Waals surface area contributed by atoms with E-state index in [0.29, 0.717) is 5.69 Å². The molecular weight excluding hydrogens is 262 g/mol. The van der Waals surface area contributed by atoms with Gasteiger partial charge in [-0.05, 0) is 24.3 Å². The number of benzene rings is 1. The Morgan fingerprint density at radius 1 is 1.30 bits per heavy atom. The summed E-state index contributed by atoms with van der Waals surface area (Å²) in [6.45, 7) is -0.191. The lowest BCUT2D eigenvalue weighted by Crippen LogP contribution is -2.28. The molecule has 7 nitrogen and oxygen atoms in total. The van der Waals surface area contributed by atoms with Gasteiger partial charge in [0.25, 0.3) is 0 Å². The van der Waals surface area contributed by atoms with Crippen LogP contribution in [0.15, 0.2) is 47.5 Å². The third kappa shape index (κ3) is 3.29. The van der Waals surface area contributed by atoms with E-state index in [1.165, 1.54) is 30.6 Å². The van der Waals surface area contributed by atoms with E-state index in [2.05, 4.69) is 10.3 Å². The quantitative estimate of drug-likeness (QED) is 0.848. The first-order valence-corrected chi connectivity index (χ1v) is 5.71. The Morgan fingerprint density at radius 2 is 2.10 bits per heavy atom. The molecule has 7 heteroatoms. The molecule has 0 spiro atoms. The molecule has 0 aliphatic carbocycles. The number of amides is 1. The minimum atomic E-state index is -1.08. The first kappa shape index (κ1) is 13.5. The molecule has 2 rings (SSSR count). The summed E-state index contributed by atoms with van der Waals surface area (Å²) in [5.41, 5.74) is -0.102. The van der Waals surface area contributed by atoms with Gasteiger partial charge in [-0.1, -0.05) is 6.07 Å². The molecule has 0 fully saturated rings. The average Bonchev–Trinajstić information content (AvgIpc) is 2.41. The van der Waals surface area contributed by atoms with Gasteiger partial charge in [0.1, 0.15) is 6.54 Å². The lowest BCUT2D eigenvalue weighted by atomic mass is 10.2. The van der Waals surface area contributed by atoms with Crippen LogP contribution in [0.5, 0.6) is 0 Å². The van der Waals surface area contributed by atoms with Gasteiger partial charge in [-0.25, -0.2) is 14.6 Å². The topological polar surface area (TPSA) is 101 Å². The molecule has 0 aliphatic heterocycles. The number of anilines is 1. The SMILES string of the molecule is O=C(Cn1cccnc1=O)Nc1cccc(C(=O)O)c1. The molecule has 102 valence electrons. The Balaban J connectivity index is 2.09. The van der Waals surface area contributed by atoms with E-state index in [4.69, 9.17) is 5.11 Å². The molecule has 0 saturated carbocycles. The van der Waals surface area contributed by atoms with Crippen LogP contribution < -0.4 is 11.0 Å². The first-order chi connectivity index (χ1) is 9.56. The maximum Gasteiger partial charge on any atom is 0.347 e. The highest BCUT2D eigenvalue weighted by Gasteiger charge is 2.07. The van der Waals surface area contributed by atoms with Gasteiger partial charge in [0, 0.05) is 18.1 Å². The fraction of sp³-hybridized carbons (Fsp3) is 0.0769. The Kier molecular flexibility index (Phi) is 3.90. The van der Waals surface area contributed by atoms with E-state index >= 15 is 0 Å². The van der Waals surface area contributed by atoms with Crippen LogP contribution in [0.4, 0.5) is 5.69 Å². The van der Waals surface area contributed by atoms with E-state index in [1.54, 1.807) is 12.1 Å². The van der Waals surface area contributed by atoms with Crippen molar-refractivity contribution in [3.8, 4) is 0 Å². The van der Waals surface area contributed by atoms with E-state index in [-0.39, 0.29) is 12.1 Å².